The van der Waals surface area contributed by atoms with Crippen LogP contribution in [0.2, 0.25) is 0 Å². The van der Waals surface area contributed by atoms with Gasteiger partial charge in [0.25, 0.3) is 5.69 Å². The zero-order valence-corrected chi connectivity index (χ0v) is 11.7. The van der Waals surface area contributed by atoms with Gasteiger partial charge in [0.05, 0.1) is 9.82 Å². The largest absolute Gasteiger partial charge is 0.269 e. The minimum Gasteiger partial charge on any atom is -0.258 e. The summed E-state index contributed by atoms with van der Waals surface area (Å²) in [5.41, 5.74) is -0.108. The van der Waals surface area contributed by atoms with E-state index in [1.54, 1.807) is 0 Å². The van der Waals surface area contributed by atoms with Crippen LogP contribution >= 0.6 is 0 Å². The Morgan fingerprint density at radius 1 is 1.15 bits per heavy atom. The van der Waals surface area contributed by atoms with Gasteiger partial charge in [-0.25, -0.2) is 13.1 Å². The fraction of sp³-hybridized carbons (Fsp3) is 0.538. The summed E-state index contributed by atoms with van der Waals surface area (Å²) >= 11 is 0. The molecule has 2 saturated carbocycles. The molecule has 3 rings (SSSR count). The summed E-state index contributed by atoms with van der Waals surface area (Å²) < 4.78 is 27.3. The Labute approximate surface area is 117 Å². The smallest absolute Gasteiger partial charge is 0.258 e. The first-order valence-corrected chi connectivity index (χ1v) is 8.21. The molecule has 0 saturated heterocycles. The highest BCUT2D eigenvalue weighted by Crippen LogP contribution is 2.44. The van der Waals surface area contributed by atoms with E-state index in [9.17, 15) is 18.5 Å². The zero-order valence-electron chi connectivity index (χ0n) is 10.9. The third-order valence-electron chi connectivity index (χ3n) is 4.40. The summed E-state index contributed by atoms with van der Waals surface area (Å²) in [6.45, 7) is 0. The molecule has 1 aromatic rings. The van der Waals surface area contributed by atoms with Gasteiger partial charge in [0, 0.05) is 18.2 Å². The maximum atomic E-state index is 12.3. The molecule has 2 aliphatic carbocycles. The first-order valence-electron chi connectivity index (χ1n) is 6.72. The van der Waals surface area contributed by atoms with Crippen molar-refractivity contribution in [2.24, 2.45) is 11.8 Å². The highest BCUT2D eigenvalue weighted by atomic mass is 32.2. The van der Waals surface area contributed by atoms with Crippen LogP contribution in [0.5, 0.6) is 0 Å². The lowest BCUT2D eigenvalue weighted by Crippen LogP contribution is -2.38. The normalized spacial score (nSPS) is 28.7. The van der Waals surface area contributed by atoms with E-state index >= 15 is 0 Å². The fourth-order valence-corrected chi connectivity index (χ4v) is 4.72. The van der Waals surface area contributed by atoms with Crippen molar-refractivity contribution in [1.82, 2.24) is 4.72 Å². The van der Waals surface area contributed by atoms with E-state index in [-0.39, 0.29) is 16.6 Å². The number of hydrogen-bond acceptors (Lipinski definition) is 4. The van der Waals surface area contributed by atoms with Crippen molar-refractivity contribution in [2.75, 3.05) is 0 Å². The molecular formula is C13H16N2O4S. The molecule has 3 atom stereocenters. The van der Waals surface area contributed by atoms with Crippen LogP contribution < -0.4 is 4.72 Å². The number of non-ortho nitro benzene ring substituents is 1. The quantitative estimate of drug-likeness (QED) is 0.680. The van der Waals surface area contributed by atoms with Crippen LogP contribution in [0.25, 0.3) is 0 Å². The molecule has 0 radical (unpaired) electrons. The van der Waals surface area contributed by atoms with Crippen molar-refractivity contribution in [2.45, 2.75) is 36.6 Å². The van der Waals surface area contributed by atoms with E-state index in [1.807, 2.05) is 0 Å². The number of benzene rings is 1. The molecule has 108 valence electrons. The molecule has 2 aliphatic rings. The average molecular weight is 296 g/mol. The van der Waals surface area contributed by atoms with Crippen molar-refractivity contribution in [1.29, 1.82) is 0 Å². The SMILES string of the molecule is O=[N+]([O-])c1ccc(S(=O)(=O)N[C@H]2C[C@@H]3CC[C@@H]2C3)cc1. The molecule has 1 N–H and O–H groups in total. The van der Waals surface area contributed by atoms with E-state index in [2.05, 4.69) is 4.72 Å². The third kappa shape index (κ3) is 2.43. The fourth-order valence-electron chi connectivity index (χ4n) is 3.40. The van der Waals surface area contributed by atoms with Gasteiger partial charge in [-0.1, -0.05) is 6.42 Å². The molecular weight excluding hydrogens is 280 g/mol. The van der Waals surface area contributed by atoms with Crippen LogP contribution in [0.3, 0.4) is 0 Å². The van der Waals surface area contributed by atoms with Crippen LogP contribution in [0.4, 0.5) is 5.69 Å². The van der Waals surface area contributed by atoms with E-state index in [0.717, 1.165) is 19.3 Å². The van der Waals surface area contributed by atoms with Crippen LogP contribution in [-0.2, 0) is 10.0 Å². The molecule has 0 aliphatic heterocycles. The first-order chi connectivity index (χ1) is 9.45. The lowest BCUT2D eigenvalue weighted by Gasteiger charge is -2.22. The topological polar surface area (TPSA) is 89.3 Å². The van der Waals surface area contributed by atoms with Gasteiger partial charge in [0.15, 0.2) is 0 Å². The minimum absolute atomic E-state index is 0.0222. The number of hydrogen-bond donors (Lipinski definition) is 1. The summed E-state index contributed by atoms with van der Waals surface area (Å²) in [6.07, 6.45) is 4.34. The van der Waals surface area contributed by atoms with Crippen LogP contribution in [0.1, 0.15) is 25.7 Å². The van der Waals surface area contributed by atoms with Crippen molar-refractivity contribution < 1.29 is 13.3 Å². The molecule has 2 bridgehead atoms. The van der Waals surface area contributed by atoms with Gasteiger partial charge < -0.3 is 0 Å². The first kappa shape index (κ1) is 13.5. The number of rotatable bonds is 4. The van der Waals surface area contributed by atoms with Gasteiger partial charge in [-0.05, 0) is 43.2 Å². The van der Waals surface area contributed by atoms with Gasteiger partial charge >= 0.3 is 0 Å². The standard InChI is InChI=1S/C13H16N2O4S/c16-15(17)11-3-5-12(6-4-11)20(18,19)14-13-8-9-1-2-10(13)7-9/h3-6,9-10,13-14H,1-2,7-8H2/t9-,10-,13+/m1/s1. The molecule has 0 heterocycles. The Morgan fingerprint density at radius 2 is 1.85 bits per heavy atom. The predicted octanol–water partition coefficient (Wildman–Crippen LogP) is 2.06. The molecule has 0 aromatic heterocycles. The Kier molecular flexibility index (Phi) is 3.25. The van der Waals surface area contributed by atoms with Gasteiger partial charge in [-0.3, -0.25) is 10.1 Å². The molecule has 0 unspecified atom stereocenters. The molecule has 2 fully saturated rings. The summed E-state index contributed by atoms with van der Waals surface area (Å²) in [4.78, 5) is 10.1. The number of nitro benzene ring substituents is 1. The highest BCUT2D eigenvalue weighted by Gasteiger charge is 2.41. The third-order valence-corrected chi connectivity index (χ3v) is 5.91. The molecule has 20 heavy (non-hydrogen) atoms. The van der Waals surface area contributed by atoms with Gasteiger partial charge in [0.1, 0.15) is 0 Å². The van der Waals surface area contributed by atoms with Crippen molar-refractivity contribution in [3.05, 3.63) is 34.4 Å². The second kappa shape index (κ2) is 4.82. The maximum Gasteiger partial charge on any atom is 0.269 e. The lowest BCUT2D eigenvalue weighted by atomic mass is 9.96. The number of nitrogens with zero attached hydrogens (tertiary/aromatic N) is 1. The summed E-state index contributed by atoms with van der Waals surface area (Å²) in [5, 5.41) is 10.6. The van der Waals surface area contributed by atoms with Crippen molar-refractivity contribution in [3.8, 4) is 0 Å². The second-order valence-electron chi connectivity index (χ2n) is 5.65. The van der Waals surface area contributed by atoms with E-state index in [4.69, 9.17) is 0 Å². The Balaban J connectivity index is 1.76. The Morgan fingerprint density at radius 3 is 2.35 bits per heavy atom. The van der Waals surface area contributed by atoms with E-state index < -0.39 is 14.9 Å². The molecule has 7 heteroatoms. The summed E-state index contributed by atoms with van der Waals surface area (Å²) in [6, 6.07) is 5.03. The van der Waals surface area contributed by atoms with Crippen LogP contribution in [-0.4, -0.2) is 19.4 Å². The average Bonchev–Trinajstić information content (AvgIpc) is 3.00. The Hall–Kier alpha value is -1.47. The molecule has 0 amide bonds. The van der Waals surface area contributed by atoms with E-state index in [0.29, 0.717) is 11.8 Å². The highest BCUT2D eigenvalue weighted by molar-refractivity contribution is 7.89. The lowest BCUT2D eigenvalue weighted by molar-refractivity contribution is -0.384. The number of sulfonamides is 1. The summed E-state index contributed by atoms with van der Waals surface area (Å²) in [5.74, 6) is 1.11. The molecule has 1 aromatic carbocycles. The summed E-state index contributed by atoms with van der Waals surface area (Å²) in [7, 11) is -3.58. The zero-order chi connectivity index (χ0) is 14.3. The van der Waals surface area contributed by atoms with Gasteiger partial charge in [-0.15, -0.1) is 0 Å². The number of fused-ring (bicyclic) bond motifs is 2. The van der Waals surface area contributed by atoms with Crippen molar-refractivity contribution >= 4 is 15.7 Å². The molecule has 0 spiro atoms. The van der Waals surface area contributed by atoms with Crippen LogP contribution in [0.15, 0.2) is 29.2 Å². The van der Waals surface area contributed by atoms with Crippen LogP contribution in [0, 0.1) is 22.0 Å². The number of nitro groups is 1. The monoisotopic (exact) mass is 296 g/mol. The van der Waals surface area contributed by atoms with Gasteiger partial charge in [-0.2, -0.15) is 0 Å². The van der Waals surface area contributed by atoms with Gasteiger partial charge in [0.2, 0.25) is 10.0 Å². The minimum atomic E-state index is -3.58. The van der Waals surface area contributed by atoms with Crippen molar-refractivity contribution in [3.63, 3.8) is 0 Å². The Bertz CT molecular complexity index is 626. The maximum absolute atomic E-state index is 12.3. The van der Waals surface area contributed by atoms with E-state index in [1.165, 1.54) is 30.7 Å². The number of nitrogens with one attached hydrogen (secondary N) is 1. The predicted molar refractivity (Wildman–Crippen MR) is 72.7 cm³/mol. The molecule has 6 nitrogen and oxygen atoms in total. The second-order valence-corrected chi connectivity index (χ2v) is 7.37.